The summed E-state index contributed by atoms with van der Waals surface area (Å²) in [7, 11) is 4.42. The van der Waals surface area contributed by atoms with Crippen molar-refractivity contribution in [1.29, 1.82) is 0 Å². The monoisotopic (exact) mass is 238 g/mol. The van der Waals surface area contributed by atoms with Crippen LogP contribution in [0.3, 0.4) is 0 Å². The second kappa shape index (κ2) is 6.19. The van der Waals surface area contributed by atoms with E-state index < -0.39 is 0 Å². The van der Waals surface area contributed by atoms with Gasteiger partial charge in [-0.15, -0.1) is 0 Å². The van der Waals surface area contributed by atoms with Gasteiger partial charge in [-0.3, -0.25) is 0 Å². The molecular formula is C15H30N2. The van der Waals surface area contributed by atoms with E-state index in [0.29, 0.717) is 5.41 Å². The molecule has 0 aromatic rings. The zero-order chi connectivity index (χ0) is 12.1. The molecule has 100 valence electrons. The minimum atomic E-state index is 0.610. The molecule has 2 aliphatic rings. The van der Waals surface area contributed by atoms with Gasteiger partial charge in [-0.2, -0.15) is 0 Å². The van der Waals surface area contributed by atoms with E-state index in [1.54, 1.807) is 0 Å². The first-order chi connectivity index (χ1) is 8.24. The predicted molar refractivity (Wildman–Crippen MR) is 74.3 cm³/mol. The second-order valence-electron chi connectivity index (χ2n) is 6.56. The molecule has 2 aliphatic carbocycles. The first-order valence-corrected chi connectivity index (χ1v) is 7.57. The van der Waals surface area contributed by atoms with E-state index in [2.05, 4.69) is 24.3 Å². The number of hydrogen-bond donors (Lipinski definition) is 1. The molecule has 0 aromatic heterocycles. The molecular weight excluding hydrogens is 208 g/mol. The van der Waals surface area contributed by atoms with Crippen molar-refractivity contribution >= 4 is 0 Å². The largest absolute Gasteiger partial charge is 0.319 e. The average molecular weight is 238 g/mol. The Morgan fingerprint density at radius 1 is 1.18 bits per heavy atom. The van der Waals surface area contributed by atoms with Crippen molar-refractivity contribution in [2.45, 2.75) is 51.4 Å². The Morgan fingerprint density at radius 3 is 2.41 bits per heavy atom. The Hall–Kier alpha value is -0.0800. The third kappa shape index (κ3) is 3.69. The van der Waals surface area contributed by atoms with Gasteiger partial charge >= 0.3 is 0 Å². The van der Waals surface area contributed by atoms with Crippen LogP contribution in [0.5, 0.6) is 0 Å². The Labute approximate surface area is 107 Å². The zero-order valence-electron chi connectivity index (χ0n) is 11.8. The molecule has 0 saturated heterocycles. The molecule has 0 unspecified atom stereocenters. The van der Waals surface area contributed by atoms with Crippen LogP contribution < -0.4 is 5.32 Å². The third-order valence-electron chi connectivity index (χ3n) is 4.97. The summed E-state index contributed by atoms with van der Waals surface area (Å²) in [5, 5.41) is 3.39. The highest BCUT2D eigenvalue weighted by Gasteiger charge is 2.37. The number of nitrogens with one attached hydrogen (secondary N) is 1. The van der Waals surface area contributed by atoms with Gasteiger partial charge in [-0.05, 0) is 51.2 Å². The molecule has 2 rings (SSSR count). The van der Waals surface area contributed by atoms with Gasteiger partial charge in [0.25, 0.3) is 0 Å². The van der Waals surface area contributed by atoms with Crippen molar-refractivity contribution in [3.05, 3.63) is 0 Å². The topological polar surface area (TPSA) is 15.3 Å². The SMILES string of the molecule is CNCC1(CN(C)CCC2CCCC2)CCC1. The van der Waals surface area contributed by atoms with Crippen LogP contribution in [0.15, 0.2) is 0 Å². The van der Waals surface area contributed by atoms with Crippen LogP contribution in [0.4, 0.5) is 0 Å². The van der Waals surface area contributed by atoms with E-state index in [1.165, 1.54) is 71.0 Å². The molecule has 17 heavy (non-hydrogen) atoms. The standard InChI is InChI=1S/C15H30N2/c1-16-12-15(9-5-10-15)13-17(2)11-8-14-6-3-4-7-14/h14,16H,3-13H2,1-2H3. The van der Waals surface area contributed by atoms with E-state index in [4.69, 9.17) is 0 Å². The van der Waals surface area contributed by atoms with Gasteiger partial charge in [-0.25, -0.2) is 0 Å². The summed E-state index contributed by atoms with van der Waals surface area (Å²) >= 11 is 0. The third-order valence-corrected chi connectivity index (χ3v) is 4.97. The number of nitrogens with zero attached hydrogens (tertiary/aromatic N) is 1. The average Bonchev–Trinajstić information content (AvgIpc) is 2.76. The van der Waals surface area contributed by atoms with Crippen LogP contribution >= 0.6 is 0 Å². The van der Waals surface area contributed by atoms with Crippen LogP contribution in [0.2, 0.25) is 0 Å². The summed E-state index contributed by atoms with van der Waals surface area (Å²) < 4.78 is 0. The first kappa shape index (κ1) is 13.4. The highest BCUT2D eigenvalue weighted by molar-refractivity contribution is 4.91. The normalized spacial score (nSPS) is 24.2. The molecule has 0 aromatic carbocycles. The second-order valence-corrected chi connectivity index (χ2v) is 6.56. The van der Waals surface area contributed by atoms with Crippen molar-refractivity contribution in [1.82, 2.24) is 10.2 Å². The molecule has 0 bridgehead atoms. The van der Waals surface area contributed by atoms with E-state index >= 15 is 0 Å². The minimum absolute atomic E-state index is 0.610. The zero-order valence-corrected chi connectivity index (χ0v) is 11.8. The van der Waals surface area contributed by atoms with Crippen molar-refractivity contribution in [3.63, 3.8) is 0 Å². The fourth-order valence-corrected chi connectivity index (χ4v) is 3.80. The van der Waals surface area contributed by atoms with Gasteiger partial charge < -0.3 is 10.2 Å². The highest BCUT2D eigenvalue weighted by Crippen LogP contribution is 2.41. The Bertz CT molecular complexity index is 217. The molecule has 0 amide bonds. The molecule has 2 saturated carbocycles. The summed E-state index contributed by atoms with van der Waals surface area (Å²) in [6.07, 6.45) is 11.7. The minimum Gasteiger partial charge on any atom is -0.319 e. The van der Waals surface area contributed by atoms with Crippen LogP contribution in [-0.4, -0.2) is 38.6 Å². The van der Waals surface area contributed by atoms with E-state index in [1.807, 2.05) is 0 Å². The van der Waals surface area contributed by atoms with Crippen LogP contribution in [-0.2, 0) is 0 Å². The Morgan fingerprint density at radius 2 is 1.88 bits per heavy atom. The molecule has 0 heterocycles. The fraction of sp³-hybridized carbons (Fsp3) is 1.00. The van der Waals surface area contributed by atoms with Crippen molar-refractivity contribution in [2.75, 3.05) is 33.7 Å². The summed E-state index contributed by atoms with van der Waals surface area (Å²) in [5.74, 6) is 1.04. The number of rotatable bonds is 7. The lowest BCUT2D eigenvalue weighted by atomic mass is 9.68. The van der Waals surface area contributed by atoms with E-state index in [-0.39, 0.29) is 0 Å². The summed E-state index contributed by atoms with van der Waals surface area (Å²) in [6.45, 7) is 3.83. The fourth-order valence-electron chi connectivity index (χ4n) is 3.80. The maximum absolute atomic E-state index is 3.39. The molecule has 0 atom stereocenters. The van der Waals surface area contributed by atoms with Gasteiger partial charge in [0.1, 0.15) is 0 Å². The van der Waals surface area contributed by atoms with Crippen LogP contribution in [0, 0.1) is 11.3 Å². The van der Waals surface area contributed by atoms with E-state index in [0.717, 1.165) is 5.92 Å². The van der Waals surface area contributed by atoms with Gasteiger partial charge in [0, 0.05) is 13.1 Å². The molecule has 2 heteroatoms. The lowest BCUT2D eigenvalue weighted by Crippen LogP contribution is -2.47. The van der Waals surface area contributed by atoms with Gasteiger partial charge in [0.2, 0.25) is 0 Å². The summed E-state index contributed by atoms with van der Waals surface area (Å²) in [6, 6.07) is 0. The number of hydrogen-bond acceptors (Lipinski definition) is 2. The van der Waals surface area contributed by atoms with E-state index in [9.17, 15) is 0 Å². The Kier molecular flexibility index (Phi) is 4.87. The molecule has 0 radical (unpaired) electrons. The lowest BCUT2D eigenvalue weighted by molar-refractivity contribution is 0.0774. The smallest absolute Gasteiger partial charge is 0.00471 e. The molecule has 2 nitrogen and oxygen atoms in total. The first-order valence-electron chi connectivity index (χ1n) is 7.57. The van der Waals surface area contributed by atoms with Crippen molar-refractivity contribution in [2.24, 2.45) is 11.3 Å². The van der Waals surface area contributed by atoms with Crippen LogP contribution in [0.1, 0.15) is 51.4 Å². The summed E-state index contributed by atoms with van der Waals surface area (Å²) in [5.41, 5.74) is 0.610. The van der Waals surface area contributed by atoms with Crippen LogP contribution in [0.25, 0.3) is 0 Å². The van der Waals surface area contributed by atoms with Crippen molar-refractivity contribution < 1.29 is 0 Å². The highest BCUT2D eigenvalue weighted by atomic mass is 15.1. The van der Waals surface area contributed by atoms with Crippen molar-refractivity contribution in [3.8, 4) is 0 Å². The Balaban J connectivity index is 1.66. The molecule has 0 aliphatic heterocycles. The maximum atomic E-state index is 3.39. The van der Waals surface area contributed by atoms with Gasteiger partial charge in [-0.1, -0.05) is 32.1 Å². The van der Waals surface area contributed by atoms with Gasteiger partial charge in [0.15, 0.2) is 0 Å². The van der Waals surface area contributed by atoms with Gasteiger partial charge in [0.05, 0.1) is 0 Å². The summed E-state index contributed by atoms with van der Waals surface area (Å²) in [4.78, 5) is 2.59. The molecule has 0 spiro atoms. The molecule has 2 fully saturated rings. The predicted octanol–water partition coefficient (Wildman–Crippen LogP) is 2.89. The molecule has 1 N–H and O–H groups in total. The lowest BCUT2D eigenvalue weighted by Gasteiger charge is -2.44. The maximum Gasteiger partial charge on any atom is 0.00471 e. The quantitative estimate of drug-likeness (QED) is 0.733.